The van der Waals surface area contributed by atoms with Crippen LogP contribution in [-0.2, 0) is 4.74 Å². The van der Waals surface area contributed by atoms with Crippen molar-refractivity contribution in [2.75, 3.05) is 36.5 Å². The first kappa shape index (κ1) is 17.5. The van der Waals surface area contributed by atoms with E-state index in [9.17, 15) is 4.79 Å². The van der Waals surface area contributed by atoms with Gasteiger partial charge in [-0.1, -0.05) is 0 Å². The molecule has 1 aliphatic rings. The maximum atomic E-state index is 12.6. The van der Waals surface area contributed by atoms with E-state index in [-0.39, 0.29) is 5.56 Å². The Morgan fingerprint density at radius 2 is 1.90 bits per heavy atom. The average molecular weight is 388 g/mol. The predicted octanol–water partition coefficient (Wildman–Crippen LogP) is 3.76. The number of hydrogen-bond donors (Lipinski definition) is 2. The molecule has 1 aliphatic heterocycles. The zero-order valence-electron chi connectivity index (χ0n) is 15.7. The Bertz CT molecular complexity index is 1180. The number of furan rings is 1. The van der Waals surface area contributed by atoms with Crippen LogP contribution in [0.4, 0.5) is 17.2 Å². The summed E-state index contributed by atoms with van der Waals surface area (Å²) in [6.07, 6.45) is 4.97. The maximum absolute atomic E-state index is 12.6. The second-order valence-corrected chi connectivity index (χ2v) is 6.86. The molecule has 0 atom stereocenters. The van der Waals surface area contributed by atoms with Gasteiger partial charge in [0.1, 0.15) is 11.6 Å². The van der Waals surface area contributed by atoms with Crippen molar-refractivity contribution in [3.8, 4) is 11.3 Å². The summed E-state index contributed by atoms with van der Waals surface area (Å²) in [6, 6.07) is 13.7. The molecule has 0 spiro atoms. The molecule has 2 N–H and O–H groups in total. The van der Waals surface area contributed by atoms with Crippen LogP contribution in [0.15, 0.2) is 70.3 Å². The summed E-state index contributed by atoms with van der Waals surface area (Å²) in [6.45, 7) is 3.28. The minimum absolute atomic E-state index is 0.198. The fourth-order valence-electron chi connectivity index (χ4n) is 3.64. The lowest BCUT2D eigenvalue weighted by Crippen LogP contribution is -2.36. The molecule has 1 saturated heterocycles. The van der Waals surface area contributed by atoms with Gasteiger partial charge in [-0.05, 0) is 42.5 Å². The molecule has 5 rings (SSSR count). The van der Waals surface area contributed by atoms with Crippen LogP contribution < -0.4 is 15.8 Å². The lowest BCUT2D eigenvalue weighted by atomic mass is 10.1. The van der Waals surface area contributed by atoms with Crippen molar-refractivity contribution in [3.63, 3.8) is 0 Å². The Labute approximate surface area is 166 Å². The van der Waals surface area contributed by atoms with Crippen LogP contribution >= 0.6 is 0 Å². The molecule has 0 aliphatic carbocycles. The lowest BCUT2D eigenvalue weighted by Gasteiger charge is -2.28. The predicted molar refractivity (Wildman–Crippen MR) is 113 cm³/mol. The van der Waals surface area contributed by atoms with E-state index in [1.54, 1.807) is 18.7 Å². The Balaban J connectivity index is 1.49. The zero-order valence-corrected chi connectivity index (χ0v) is 15.7. The monoisotopic (exact) mass is 388 g/mol. The molecule has 7 heteroatoms. The number of morpholine rings is 1. The van der Waals surface area contributed by atoms with Crippen molar-refractivity contribution < 1.29 is 9.15 Å². The summed E-state index contributed by atoms with van der Waals surface area (Å²) < 4.78 is 10.9. The lowest BCUT2D eigenvalue weighted by molar-refractivity contribution is 0.122. The van der Waals surface area contributed by atoms with Gasteiger partial charge in [0, 0.05) is 47.8 Å². The van der Waals surface area contributed by atoms with E-state index in [0.717, 1.165) is 48.6 Å². The molecule has 4 heterocycles. The Kier molecular flexibility index (Phi) is 4.50. The second-order valence-electron chi connectivity index (χ2n) is 6.86. The molecule has 1 aromatic carbocycles. The van der Waals surface area contributed by atoms with Crippen molar-refractivity contribution in [1.82, 2.24) is 9.97 Å². The van der Waals surface area contributed by atoms with Crippen molar-refractivity contribution in [1.29, 1.82) is 0 Å². The highest BCUT2D eigenvalue weighted by Gasteiger charge is 2.15. The van der Waals surface area contributed by atoms with Crippen molar-refractivity contribution in [2.24, 2.45) is 0 Å². The van der Waals surface area contributed by atoms with Crippen LogP contribution in [0.3, 0.4) is 0 Å². The molecule has 0 saturated carbocycles. The maximum Gasteiger partial charge on any atom is 0.259 e. The largest absolute Gasteiger partial charge is 0.464 e. The van der Waals surface area contributed by atoms with Gasteiger partial charge in [-0.15, -0.1) is 0 Å². The molecule has 3 aromatic heterocycles. The molecule has 0 radical (unpaired) electrons. The SMILES string of the molecule is O=c1[nH]ccc2c(-c3ccco3)cnc(Nc3ccc(N4CCOCC4)cc3)c12. The first-order valence-corrected chi connectivity index (χ1v) is 9.54. The average Bonchev–Trinajstić information content (AvgIpc) is 3.30. The zero-order chi connectivity index (χ0) is 19.6. The first-order valence-electron chi connectivity index (χ1n) is 9.54. The van der Waals surface area contributed by atoms with Crippen LogP contribution in [0, 0.1) is 0 Å². The number of pyridine rings is 2. The van der Waals surface area contributed by atoms with Gasteiger partial charge >= 0.3 is 0 Å². The van der Waals surface area contributed by atoms with Crippen LogP contribution in [0.5, 0.6) is 0 Å². The Hall–Kier alpha value is -3.58. The van der Waals surface area contributed by atoms with Crippen molar-refractivity contribution in [3.05, 3.63) is 71.5 Å². The molecule has 0 amide bonds. The summed E-state index contributed by atoms with van der Waals surface area (Å²) >= 11 is 0. The Morgan fingerprint density at radius 3 is 2.66 bits per heavy atom. The minimum atomic E-state index is -0.198. The number of ether oxygens (including phenoxy) is 1. The van der Waals surface area contributed by atoms with Crippen molar-refractivity contribution >= 4 is 28.0 Å². The molecular formula is C22H20N4O3. The number of nitrogens with zero attached hydrogens (tertiary/aromatic N) is 2. The third-order valence-corrected chi connectivity index (χ3v) is 5.10. The number of aromatic amines is 1. The molecule has 0 bridgehead atoms. The number of rotatable bonds is 4. The summed E-state index contributed by atoms with van der Waals surface area (Å²) in [5.74, 6) is 1.19. The number of fused-ring (bicyclic) bond motifs is 1. The molecule has 1 fully saturated rings. The third-order valence-electron chi connectivity index (χ3n) is 5.10. The number of aromatic nitrogens is 2. The summed E-state index contributed by atoms with van der Waals surface area (Å²) in [4.78, 5) is 22.1. The van der Waals surface area contributed by atoms with Gasteiger partial charge in [0.25, 0.3) is 5.56 Å². The number of hydrogen-bond acceptors (Lipinski definition) is 6. The number of H-pyrrole nitrogens is 1. The third kappa shape index (κ3) is 3.36. The molecule has 29 heavy (non-hydrogen) atoms. The van der Waals surface area contributed by atoms with Gasteiger partial charge in [-0.2, -0.15) is 0 Å². The smallest absolute Gasteiger partial charge is 0.259 e. The molecule has 146 valence electrons. The summed E-state index contributed by atoms with van der Waals surface area (Å²) in [7, 11) is 0. The van der Waals surface area contributed by atoms with Crippen LogP contribution in [0.25, 0.3) is 22.1 Å². The van der Waals surface area contributed by atoms with E-state index in [1.165, 1.54) is 0 Å². The number of nitrogens with one attached hydrogen (secondary N) is 2. The summed E-state index contributed by atoms with van der Waals surface area (Å²) in [5, 5.41) is 4.57. The highest BCUT2D eigenvalue weighted by molar-refractivity contribution is 6.01. The fourth-order valence-corrected chi connectivity index (χ4v) is 3.64. The molecule has 7 nitrogen and oxygen atoms in total. The van der Waals surface area contributed by atoms with Gasteiger partial charge in [0.15, 0.2) is 0 Å². The van der Waals surface area contributed by atoms with E-state index in [4.69, 9.17) is 9.15 Å². The van der Waals surface area contributed by atoms with Gasteiger partial charge in [0.05, 0.1) is 24.9 Å². The van der Waals surface area contributed by atoms with Gasteiger partial charge in [0.2, 0.25) is 0 Å². The van der Waals surface area contributed by atoms with Crippen LogP contribution in [0.1, 0.15) is 0 Å². The van der Waals surface area contributed by atoms with Crippen molar-refractivity contribution in [2.45, 2.75) is 0 Å². The molecule has 4 aromatic rings. The quantitative estimate of drug-likeness (QED) is 0.554. The molecular weight excluding hydrogens is 368 g/mol. The highest BCUT2D eigenvalue weighted by Crippen LogP contribution is 2.31. The fraction of sp³-hybridized carbons (Fsp3) is 0.182. The van der Waals surface area contributed by atoms with Gasteiger partial charge in [-0.3, -0.25) is 4.79 Å². The van der Waals surface area contributed by atoms with Crippen LogP contribution in [-0.4, -0.2) is 36.3 Å². The van der Waals surface area contributed by atoms with E-state index in [0.29, 0.717) is 17.0 Å². The van der Waals surface area contributed by atoms with E-state index in [1.807, 2.05) is 30.3 Å². The number of benzene rings is 1. The van der Waals surface area contributed by atoms with E-state index < -0.39 is 0 Å². The normalized spacial score (nSPS) is 14.3. The standard InChI is InChI=1S/C22H20N4O3/c27-22-20-17(7-8-23-22)18(19-2-1-11-29-19)14-24-21(20)25-15-3-5-16(6-4-15)26-9-12-28-13-10-26/h1-8,11,14H,9-10,12-13H2,(H,23,27)(H,24,25). The topological polar surface area (TPSA) is 83.4 Å². The highest BCUT2D eigenvalue weighted by atomic mass is 16.5. The van der Waals surface area contributed by atoms with Gasteiger partial charge in [-0.25, -0.2) is 4.98 Å². The Morgan fingerprint density at radius 1 is 1.07 bits per heavy atom. The minimum Gasteiger partial charge on any atom is -0.464 e. The second kappa shape index (κ2) is 7.44. The van der Waals surface area contributed by atoms with Gasteiger partial charge < -0.3 is 24.4 Å². The van der Waals surface area contributed by atoms with E-state index in [2.05, 4.69) is 32.3 Å². The molecule has 0 unspecified atom stereocenters. The number of anilines is 3. The van der Waals surface area contributed by atoms with E-state index >= 15 is 0 Å². The van der Waals surface area contributed by atoms with Crippen LogP contribution in [0.2, 0.25) is 0 Å². The first-order chi connectivity index (χ1) is 14.3. The summed E-state index contributed by atoms with van der Waals surface area (Å²) in [5.41, 5.74) is 2.60.